The number of carbonyl (C=O) groups excluding carboxylic acids is 2. The molecule has 2 amide bonds. The number of aliphatic hydroxyl groups is 1. The lowest BCUT2D eigenvalue weighted by Crippen LogP contribution is -2.34. The average molecular weight is 386 g/mol. The van der Waals surface area contributed by atoms with E-state index in [2.05, 4.69) is 10.6 Å². The maximum absolute atomic E-state index is 12.0. The van der Waals surface area contributed by atoms with E-state index < -0.39 is 17.9 Å². The highest BCUT2D eigenvalue weighted by Crippen LogP contribution is 2.28. The molecule has 0 aliphatic heterocycles. The zero-order chi connectivity index (χ0) is 19.2. The molecular weight excluding hydrogens is 368 g/mol. The molecular formula is C19H18N2O5S. The van der Waals surface area contributed by atoms with Crippen molar-refractivity contribution in [2.75, 3.05) is 12.4 Å². The first kappa shape index (κ1) is 18.7. The Morgan fingerprint density at radius 2 is 1.93 bits per heavy atom. The van der Waals surface area contributed by atoms with Crippen molar-refractivity contribution in [3.63, 3.8) is 0 Å². The highest BCUT2D eigenvalue weighted by Gasteiger charge is 2.17. The van der Waals surface area contributed by atoms with Crippen LogP contribution >= 0.6 is 11.3 Å². The average Bonchev–Trinajstić information content (AvgIpc) is 3.38. The summed E-state index contributed by atoms with van der Waals surface area (Å²) in [4.78, 5) is 25.4. The summed E-state index contributed by atoms with van der Waals surface area (Å²) in [5.74, 6) is -0.395. The molecule has 0 radical (unpaired) electrons. The van der Waals surface area contributed by atoms with Gasteiger partial charge in [-0.1, -0.05) is 0 Å². The SMILES string of the molecule is COc1ccc(NC(=O)C(=O)NCc2ccc(C(O)c3ccco3)s2)cc1. The Kier molecular flexibility index (Phi) is 5.90. The zero-order valence-corrected chi connectivity index (χ0v) is 15.3. The summed E-state index contributed by atoms with van der Waals surface area (Å²) in [5, 5.41) is 15.3. The van der Waals surface area contributed by atoms with E-state index in [1.54, 1.807) is 55.6 Å². The van der Waals surface area contributed by atoms with Crippen LogP contribution in [-0.2, 0) is 16.1 Å². The number of anilines is 1. The van der Waals surface area contributed by atoms with E-state index in [1.807, 2.05) is 0 Å². The van der Waals surface area contributed by atoms with Gasteiger partial charge in [0.15, 0.2) is 0 Å². The van der Waals surface area contributed by atoms with Crippen LogP contribution in [0.4, 0.5) is 5.69 Å². The molecule has 3 N–H and O–H groups in total. The number of aliphatic hydroxyl groups excluding tert-OH is 1. The van der Waals surface area contributed by atoms with Crippen molar-refractivity contribution in [1.29, 1.82) is 0 Å². The number of benzene rings is 1. The second-order valence-corrected chi connectivity index (χ2v) is 6.79. The molecule has 7 nitrogen and oxygen atoms in total. The summed E-state index contributed by atoms with van der Waals surface area (Å²) in [7, 11) is 1.55. The summed E-state index contributed by atoms with van der Waals surface area (Å²) in [6.07, 6.45) is 0.641. The fraction of sp³-hybridized carbons (Fsp3) is 0.158. The first-order valence-electron chi connectivity index (χ1n) is 8.10. The van der Waals surface area contributed by atoms with Crippen molar-refractivity contribution in [3.8, 4) is 5.75 Å². The van der Waals surface area contributed by atoms with Gasteiger partial charge in [-0.15, -0.1) is 11.3 Å². The number of hydrogen-bond acceptors (Lipinski definition) is 6. The minimum absolute atomic E-state index is 0.185. The minimum Gasteiger partial charge on any atom is -0.497 e. The number of rotatable bonds is 6. The monoisotopic (exact) mass is 386 g/mol. The van der Waals surface area contributed by atoms with Gasteiger partial charge in [0.25, 0.3) is 0 Å². The Bertz CT molecular complexity index is 903. The summed E-state index contributed by atoms with van der Waals surface area (Å²) in [6, 6.07) is 13.6. The third-order valence-electron chi connectivity index (χ3n) is 3.74. The quantitative estimate of drug-likeness (QED) is 0.566. The first-order valence-corrected chi connectivity index (χ1v) is 8.92. The summed E-state index contributed by atoms with van der Waals surface area (Å²) >= 11 is 1.33. The Balaban J connectivity index is 1.52. The summed E-state index contributed by atoms with van der Waals surface area (Å²) in [5.41, 5.74) is 0.496. The highest BCUT2D eigenvalue weighted by molar-refractivity contribution is 7.12. The van der Waals surface area contributed by atoms with Gasteiger partial charge in [-0.3, -0.25) is 9.59 Å². The maximum Gasteiger partial charge on any atom is 0.313 e. The lowest BCUT2D eigenvalue weighted by Gasteiger charge is -2.07. The smallest absolute Gasteiger partial charge is 0.313 e. The van der Waals surface area contributed by atoms with E-state index in [4.69, 9.17) is 9.15 Å². The van der Waals surface area contributed by atoms with Crippen molar-refractivity contribution < 1.29 is 23.8 Å². The van der Waals surface area contributed by atoms with E-state index in [1.165, 1.54) is 17.6 Å². The molecule has 1 unspecified atom stereocenters. The molecule has 2 aromatic heterocycles. The second-order valence-electron chi connectivity index (χ2n) is 5.59. The van der Waals surface area contributed by atoms with Crippen LogP contribution in [0, 0.1) is 0 Å². The van der Waals surface area contributed by atoms with E-state index in [0.29, 0.717) is 22.1 Å². The van der Waals surface area contributed by atoms with Gasteiger partial charge in [-0.2, -0.15) is 0 Å². The molecule has 2 heterocycles. The normalized spacial score (nSPS) is 11.6. The van der Waals surface area contributed by atoms with Crippen LogP contribution in [0.2, 0.25) is 0 Å². The Labute approximate surface area is 159 Å². The molecule has 1 aromatic carbocycles. The largest absolute Gasteiger partial charge is 0.497 e. The molecule has 0 aliphatic rings. The Morgan fingerprint density at radius 3 is 2.59 bits per heavy atom. The molecule has 0 fully saturated rings. The van der Waals surface area contributed by atoms with Gasteiger partial charge in [0.05, 0.1) is 19.9 Å². The van der Waals surface area contributed by atoms with Gasteiger partial charge >= 0.3 is 11.8 Å². The van der Waals surface area contributed by atoms with Crippen LogP contribution in [0.3, 0.4) is 0 Å². The van der Waals surface area contributed by atoms with Crippen LogP contribution in [0.15, 0.2) is 59.2 Å². The lowest BCUT2D eigenvalue weighted by atomic mass is 10.2. The van der Waals surface area contributed by atoms with Crippen molar-refractivity contribution in [1.82, 2.24) is 5.32 Å². The maximum atomic E-state index is 12.0. The fourth-order valence-corrected chi connectivity index (χ4v) is 3.28. The van der Waals surface area contributed by atoms with Gasteiger partial charge < -0.3 is 24.9 Å². The number of carbonyl (C=O) groups is 2. The topological polar surface area (TPSA) is 101 Å². The summed E-state index contributed by atoms with van der Waals surface area (Å²) < 4.78 is 10.2. The van der Waals surface area contributed by atoms with Crippen LogP contribution in [-0.4, -0.2) is 24.0 Å². The molecule has 0 bridgehead atoms. The van der Waals surface area contributed by atoms with Crippen LogP contribution in [0.5, 0.6) is 5.75 Å². The van der Waals surface area contributed by atoms with Gasteiger partial charge in [-0.25, -0.2) is 0 Å². The molecule has 8 heteroatoms. The highest BCUT2D eigenvalue weighted by atomic mass is 32.1. The van der Waals surface area contributed by atoms with Crippen molar-refractivity contribution in [3.05, 3.63) is 70.3 Å². The van der Waals surface area contributed by atoms with Gasteiger partial charge in [0, 0.05) is 15.4 Å². The number of furan rings is 1. The van der Waals surface area contributed by atoms with Gasteiger partial charge in [0.1, 0.15) is 17.6 Å². The van der Waals surface area contributed by atoms with Gasteiger partial charge in [0.2, 0.25) is 0 Å². The number of nitrogens with one attached hydrogen (secondary N) is 2. The minimum atomic E-state index is -0.854. The van der Waals surface area contributed by atoms with Crippen molar-refractivity contribution >= 4 is 28.8 Å². The summed E-state index contributed by atoms with van der Waals surface area (Å²) in [6.45, 7) is 0.185. The molecule has 140 valence electrons. The van der Waals surface area contributed by atoms with Crippen molar-refractivity contribution in [2.24, 2.45) is 0 Å². The predicted octanol–water partition coefficient (Wildman–Crippen LogP) is 2.69. The third-order valence-corrected chi connectivity index (χ3v) is 4.88. The zero-order valence-electron chi connectivity index (χ0n) is 14.5. The second kappa shape index (κ2) is 8.52. The molecule has 0 aliphatic carbocycles. The first-order chi connectivity index (χ1) is 13.1. The van der Waals surface area contributed by atoms with Crippen LogP contribution in [0.1, 0.15) is 21.6 Å². The van der Waals surface area contributed by atoms with Crippen LogP contribution < -0.4 is 15.4 Å². The van der Waals surface area contributed by atoms with Gasteiger partial charge in [-0.05, 0) is 48.5 Å². The predicted molar refractivity (Wildman–Crippen MR) is 101 cm³/mol. The van der Waals surface area contributed by atoms with Crippen molar-refractivity contribution in [2.45, 2.75) is 12.6 Å². The van der Waals surface area contributed by atoms with E-state index in [9.17, 15) is 14.7 Å². The standard InChI is InChI=1S/C19H18N2O5S/c1-25-13-6-4-12(5-7-13)21-19(24)18(23)20-11-14-8-9-16(27-14)17(22)15-3-2-10-26-15/h2-10,17,22H,11H2,1H3,(H,20,23)(H,21,24). The number of hydrogen-bond donors (Lipinski definition) is 3. The number of methoxy groups -OCH3 is 1. The number of amides is 2. The molecule has 3 aromatic rings. The Hall–Kier alpha value is -3.10. The molecule has 0 saturated carbocycles. The van der Waals surface area contributed by atoms with E-state index in [0.717, 1.165) is 4.88 Å². The molecule has 0 saturated heterocycles. The van der Waals surface area contributed by atoms with Crippen LogP contribution in [0.25, 0.3) is 0 Å². The number of thiophene rings is 1. The number of ether oxygens (including phenoxy) is 1. The molecule has 1 atom stereocenters. The fourth-order valence-electron chi connectivity index (χ4n) is 2.33. The molecule has 3 rings (SSSR count). The van der Waals surface area contributed by atoms with E-state index >= 15 is 0 Å². The van der Waals surface area contributed by atoms with E-state index in [-0.39, 0.29) is 6.54 Å². The Morgan fingerprint density at radius 1 is 1.15 bits per heavy atom. The third kappa shape index (κ3) is 4.75. The lowest BCUT2D eigenvalue weighted by molar-refractivity contribution is -0.136. The molecule has 0 spiro atoms. The molecule has 27 heavy (non-hydrogen) atoms.